The lowest BCUT2D eigenvalue weighted by molar-refractivity contribution is 0.0600. The molecule has 0 saturated carbocycles. The van der Waals surface area contributed by atoms with Crippen LogP contribution in [0.15, 0.2) is 85.1 Å². The molecule has 0 fully saturated rings. The molecule has 4 aromatic rings. The van der Waals surface area contributed by atoms with Gasteiger partial charge in [-0.1, -0.05) is 6.58 Å². The van der Waals surface area contributed by atoms with Crippen LogP contribution in [-0.2, 0) is 4.74 Å². The number of aromatic nitrogens is 3. The lowest BCUT2D eigenvalue weighted by Gasteiger charge is -2.20. The van der Waals surface area contributed by atoms with Crippen LogP contribution in [0.3, 0.4) is 0 Å². The molecule has 1 heterocycles. The number of allylic oxidation sites excluding steroid dienone is 1. The summed E-state index contributed by atoms with van der Waals surface area (Å²) in [6.45, 7) is 11.2. The normalized spacial score (nSPS) is 10.8. The Labute approximate surface area is 255 Å². The molecule has 0 aliphatic heterocycles. The molecule has 0 unspecified atom stereocenters. The molecule has 4 rings (SSSR count). The van der Waals surface area contributed by atoms with E-state index in [0.29, 0.717) is 39.4 Å². The highest BCUT2D eigenvalue weighted by Crippen LogP contribution is 2.22. The van der Waals surface area contributed by atoms with Crippen molar-refractivity contribution in [2.75, 3.05) is 23.1 Å². The Hall–Kier alpha value is -5.78. The molecular formula is C32H34N8O4. The van der Waals surface area contributed by atoms with Gasteiger partial charge < -0.3 is 31.3 Å². The highest BCUT2D eigenvalue weighted by Gasteiger charge is 2.16. The van der Waals surface area contributed by atoms with Crippen LogP contribution in [0.1, 0.15) is 58.8 Å². The van der Waals surface area contributed by atoms with E-state index in [1.54, 1.807) is 79.7 Å². The third-order valence-electron chi connectivity index (χ3n) is 5.82. The second kappa shape index (κ2) is 13.5. The predicted octanol–water partition coefficient (Wildman–Crippen LogP) is 5.68. The molecule has 0 radical (unpaired) electrons. The van der Waals surface area contributed by atoms with Crippen molar-refractivity contribution in [2.24, 2.45) is 0 Å². The second-order valence-electron chi connectivity index (χ2n) is 10.8. The monoisotopic (exact) mass is 594 g/mol. The van der Waals surface area contributed by atoms with Gasteiger partial charge in [0.2, 0.25) is 17.8 Å². The zero-order chi connectivity index (χ0) is 31.9. The number of rotatable bonds is 10. The van der Waals surface area contributed by atoms with Crippen molar-refractivity contribution < 1.29 is 19.1 Å². The molecule has 5 N–H and O–H groups in total. The van der Waals surface area contributed by atoms with Crippen LogP contribution in [-0.4, -0.2) is 45.4 Å². The molecule has 12 heteroatoms. The number of benzene rings is 3. The molecule has 3 aromatic carbocycles. The van der Waals surface area contributed by atoms with Gasteiger partial charge in [-0.2, -0.15) is 15.0 Å². The van der Waals surface area contributed by atoms with E-state index >= 15 is 0 Å². The summed E-state index contributed by atoms with van der Waals surface area (Å²) in [5.41, 5.74) is 3.48. The molecule has 0 aliphatic carbocycles. The van der Waals surface area contributed by atoms with E-state index in [0.717, 1.165) is 0 Å². The van der Waals surface area contributed by atoms with E-state index in [-0.39, 0.29) is 35.2 Å². The topological polar surface area (TPSA) is 159 Å². The molecular weight excluding hydrogens is 560 g/mol. The number of ether oxygens (including phenoxy) is 1. The van der Waals surface area contributed by atoms with E-state index in [1.807, 2.05) is 20.8 Å². The second-order valence-corrected chi connectivity index (χ2v) is 10.8. The lowest BCUT2D eigenvalue weighted by Crippen LogP contribution is -2.40. The molecule has 44 heavy (non-hydrogen) atoms. The van der Waals surface area contributed by atoms with E-state index in [1.165, 1.54) is 7.11 Å². The summed E-state index contributed by atoms with van der Waals surface area (Å²) in [5.74, 6) is -0.225. The highest BCUT2D eigenvalue weighted by atomic mass is 16.5. The Balaban J connectivity index is 1.58. The number of amides is 2. The fourth-order valence-electron chi connectivity index (χ4n) is 3.83. The molecule has 0 atom stereocenters. The summed E-state index contributed by atoms with van der Waals surface area (Å²) in [5, 5.41) is 15.0. The van der Waals surface area contributed by atoms with Crippen molar-refractivity contribution in [1.82, 2.24) is 25.6 Å². The van der Waals surface area contributed by atoms with Crippen LogP contribution in [0.2, 0.25) is 0 Å². The van der Waals surface area contributed by atoms with Gasteiger partial charge in [-0.25, -0.2) is 4.79 Å². The molecule has 0 spiro atoms. The highest BCUT2D eigenvalue weighted by molar-refractivity contribution is 5.96. The standard InChI is InChI=1S/C32H34N8O4/c1-19(2)33-26(41)20-7-13-23(14-8-20)34-29-37-30(35-24-15-9-21(10-16-24)27(42)40-32(3,4)5)39-31(38-29)36-25-17-11-22(12-18-25)28(43)44-6/h7-18H,1H2,2-6H3,(H,33,41)(H,40,42)(H3,34,35,36,37,38,39). The van der Waals surface area contributed by atoms with Gasteiger partial charge >= 0.3 is 5.97 Å². The van der Waals surface area contributed by atoms with Gasteiger partial charge in [0.25, 0.3) is 11.8 Å². The Morgan fingerprint density at radius 1 is 0.636 bits per heavy atom. The summed E-state index contributed by atoms with van der Waals surface area (Å²) in [6.07, 6.45) is 0. The van der Waals surface area contributed by atoms with Gasteiger partial charge in [0, 0.05) is 39.4 Å². The van der Waals surface area contributed by atoms with Gasteiger partial charge in [0.05, 0.1) is 12.7 Å². The molecule has 2 amide bonds. The van der Waals surface area contributed by atoms with Crippen molar-refractivity contribution in [3.63, 3.8) is 0 Å². The molecule has 12 nitrogen and oxygen atoms in total. The number of carbonyl (C=O) groups is 3. The minimum Gasteiger partial charge on any atom is -0.465 e. The van der Waals surface area contributed by atoms with Gasteiger partial charge in [0.15, 0.2) is 0 Å². The number of methoxy groups -OCH3 is 1. The fraction of sp³-hybridized carbons (Fsp3) is 0.188. The Morgan fingerprint density at radius 2 is 1.00 bits per heavy atom. The minimum absolute atomic E-state index is 0.177. The maximum absolute atomic E-state index is 12.5. The van der Waals surface area contributed by atoms with Crippen molar-refractivity contribution in [2.45, 2.75) is 33.2 Å². The van der Waals surface area contributed by atoms with E-state index < -0.39 is 5.97 Å². The minimum atomic E-state index is -0.445. The first-order valence-corrected chi connectivity index (χ1v) is 13.6. The first kappa shape index (κ1) is 31.2. The van der Waals surface area contributed by atoms with Crippen LogP contribution in [0, 0.1) is 0 Å². The number of hydrogen-bond donors (Lipinski definition) is 5. The Bertz CT molecular complexity index is 1660. The number of hydrogen-bond acceptors (Lipinski definition) is 10. The molecule has 0 saturated heterocycles. The van der Waals surface area contributed by atoms with Crippen molar-refractivity contribution in [3.8, 4) is 0 Å². The summed E-state index contributed by atoms with van der Waals surface area (Å²) in [4.78, 5) is 50.1. The van der Waals surface area contributed by atoms with Crippen molar-refractivity contribution in [1.29, 1.82) is 0 Å². The van der Waals surface area contributed by atoms with Crippen LogP contribution in [0.5, 0.6) is 0 Å². The average Bonchev–Trinajstić information content (AvgIpc) is 2.96. The van der Waals surface area contributed by atoms with Crippen LogP contribution in [0.25, 0.3) is 0 Å². The van der Waals surface area contributed by atoms with E-state index in [9.17, 15) is 14.4 Å². The quantitative estimate of drug-likeness (QED) is 0.145. The van der Waals surface area contributed by atoms with Crippen LogP contribution >= 0.6 is 0 Å². The number of nitrogens with zero attached hydrogens (tertiary/aromatic N) is 3. The number of carbonyl (C=O) groups excluding carboxylic acids is 3. The van der Waals surface area contributed by atoms with Gasteiger partial charge in [-0.05, 0) is 100 Å². The summed E-state index contributed by atoms with van der Waals surface area (Å²) in [6, 6.07) is 20.3. The van der Waals surface area contributed by atoms with Crippen LogP contribution < -0.4 is 26.6 Å². The van der Waals surface area contributed by atoms with Crippen LogP contribution in [0.4, 0.5) is 34.9 Å². The third kappa shape index (κ3) is 8.86. The zero-order valence-corrected chi connectivity index (χ0v) is 25.1. The SMILES string of the molecule is C=C(C)NC(=O)c1ccc(Nc2nc(Nc3ccc(C(=O)NC(C)(C)C)cc3)nc(Nc3ccc(C(=O)OC)cc3)n2)cc1. The summed E-state index contributed by atoms with van der Waals surface area (Å²) < 4.78 is 4.76. The Kier molecular flexibility index (Phi) is 9.54. The molecule has 0 bridgehead atoms. The molecule has 1 aromatic heterocycles. The van der Waals surface area contributed by atoms with Gasteiger partial charge in [-0.15, -0.1) is 0 Å². The average molecular weight is 595 g/mol. The predicted molar refractivity (Wildman–Crippen MR) is 170 cm³/mol. The maximum atomic E-state index is 12.5. The first-order valence-electron chi connectivity index (χ1n) is 13.6. The van der Waals surface area contributed by atoms with E-state index in [2.05, 4.69) is 48.1 Å². The largest absolute Gasteiger partial charge is 0.465 e. The first-order chi connectivity index (χ1) is 20.9. The molecule has 226 valence electrons. The molecule has 0 aliphatic rings. The summed E-state index contributed by atoms with van der Waals surface area (Å²) >= 11 is 0. The Morgan fingerprint density at radius 3 is 1.34 bits per heavy atom. The van der Waals surface area contributed by atoms with Crippen molar-refractivity contribution in [3.05, 3.63) is 102 Å². The lowest BCUT2D eigenvalue weighted by atomic mass is 10.1. The maximum Gasteiger partial charge on any atom is 0.337 e. The van der Waals surface area contributed by atoms with Crippen molar-refractivity contribution >= 4 is 52.7 Å². The van der Waals surface area contributed by atoms with E-state index in [4.69, 9.17) is 4.74 Å². The fourth-order valence-corrected chi connectivity index (χ4v) is 3.83. The number of nitrogens with one attached hydrogen (secondary N) is 5. The smallest absolute Gasteiger partial charge is 0.337 e. The number of anilines is 6. The number of esters is 1. The zero-order valence-electron chi connectivity index (χ0n) is 25.1. The van der Waals surface area contributed by atoms with Gasteiger partial charge in [0.1, 0.15) is 0 Å². The summed E-state index contributed by atoms with van der Waals surface area (Å²) in [7, 11) is 1.32. The third-order valence-corrected chi connectivity index (χ3v) is 5.82. The van der Waals surface area contributed by atoms with Gasteiger partial charge in [-0.3, -0.25) is 9.59 Å².